The van der Waals surface area contributed by atoms with Crippen LogP contribution in [-0.4, -0.2) is 33.5 Å². The van der Waals surface area contributed by atoms with Crippen LogP contribution in [0.15, 0.2) is 0 Å². The summed E-state index contributed by atoms with van der Waals surface area (Å²) in [6, 6.07) is 0. The Balaban J connectivity index is 3.64. The number of carboxylic acid groups (broad SMARTS) is 1. The molecule has 0 aromatic heterocycles. The summed E-state index contributed by atoms with van der Waals surface area (Å²) in [6.07, 6.45) is -2.86. The van der Waals surface area contributed by atoms with Gasteiger partial charge in [-0.2, -0.15) is 0 Å². The van der Waals surface area contributed by atoms with Crippen molar-refractivity contribution in [3.63, 3.8) is 0 Å². The fourth-order valence-corrected chi connectivity index (χ4v) is 0.206. The molecule has 0 spiro atoms. The van der Waals surface area contributed by atoms with Gasteiger partial charge in [-0.3, -0.25) is 0 Å². The second-order valence-corrected chi connectivity index (χ2v) is 1.52. The first-order valence-electron chi connectivity index (χ1n) is 2.14. The van der Waals surface area contributed by atoms with Crippen molar-refractivity contribution in [2.24, 2.45) is 0 Å². The fraction of sp³-hybridized carbons (Fsp3) is 0.750. The zero-order valence-electron chi connectivity index (χ0n) is 4.40. The van der Waals surface area contributed by atoms with Gasteiger partial charge in [-0.15, -0.1) is 0 Å². The average molecular weight is 120 g/mol. The molecule has 8 heavy (non-hydrogen) atoms. The summed E-state index contributed by atoms with van der Waals surface area (Å²) < 4.78 is 0. The van der Waals surface area contributed by atoms with Gasteiger partial charge >= 0.3 is 5.97 Å². The normalized spacial score (nSPS) is 17.4. The molecule has 0 saturated carbocycles. The SMILES string of the molecule is C[C@@H](O)[C@@H](O)C(=O)O. The first-order valence-corrected chi connectivity index (χ1v) is 2.14. The van der Waals surface area contributed by atoms with E-state index >= 15 is 0 Å². The van der Waals surface area contributed by atoms with E-state index in [0.717, 1.165) is 0 Å². The Morgan fingerprint density at radius 1 is 1.50 bits per heavy atom. The molecule has 0 aromatic carbocycles. The van der Waals surface area contributed by atoms with Gasteiger partial charge in [-0.05, 0) is 6.92 Å². The van der Waals surface area contributed by atoms with Crippen LogP contribution < -0.4 is 0 Å². The minimum atomic E-state index is -1.66. The van der Waals surface area contributed by atoms with Gasteiger partial charge in [-0.25, -0.2) is 4.79 Å². The van der Waals surface area contributed by atoms with Crippen LogP contribution >= 0.6 is 0 Å². The van der Waals surface area contributed by atoms with Gasteiger partial charge in [0, 0.05) is 0 Å². The van der Waals surface area contributed by atoms with E-state index in [2.05, 4.69) is 0 Å². The van der Waals surface area contributed by atoms with Crippen LogP contribution in [-0.2, 0) is 4.79 Å². The maximum atomic E-state index is 9.73. The lowest BCUT2D eigenvalue weighted by atomic mass is 10.2. The lowest BCUT2D eigenvalue weighted by Gasteiger charge is -2.05. The molecule has 0 bridgehead atoms. The number of carboxylic acids is 1. The summed E-state index contributed by atoms with van der Waals surface area (Å²) in [4.78, 5) is 9.73. The minimum Gasteiger partial charge on any atom is -0.479 e. The molecule has 0 aliphatic rings. The number of aliphatic hydroxyl groups is 2. The third kappa shape index (κ3) is 1.90. The molecule has 0 saturated heterocycles. The Hall–Kier alpha value is -0.610. The highest BCUT2D eigenvalue weighted by Crippen LogP contribution is 1.89. The Morgan fingerprint density at radius 3 is 1.88 bits per heavy atom. The molecule has 0 aromatic rings. The summed E-state index contributed by atoms with van der Waals surface area (Å²) in [7, 11) is 0. The third-order valence-corrected chi connectivity index (χ3v) is 0.710. The van der Waals surface area contributed by atoms with Crippen LogP contribution in [0.1, 0.15) is 6.92 Å². The number of hydrogen-bond acceptors (Lipinski definition) is 3. The Labute approximate surface area is 46.4 Å². The van der Waals surface area contributed by atoms with Crippen LogP contribution in [0.25, 0.3) is 0 Å². The third-order valence-electron chi connectivity index (χ3n) is 0.710. The molecule has 0 fully saturated rings. The van der Waals surface area contributed by atoms with Gasteiger partial charge in [0.25, 0.3) is 0 Å². The van der Waals surface area contributed by atoms with Crippen molar-refractivity contribution in [1.29, 1.82) is 0 Å². The summed E-state index contributed by atoms with van der Waals surface area (Å²) in [5, 5.41) is 24.7. The molecule has 0 radical (unpaired) electrons. The lowest BCUT2D eigenvalue weighted by Crippen LogP contribution is -2.30. The topological polar surface area (TPSA) is 77.8 Å². The molecule has 4 heteroatoms. The van der Waals surface area contributed by atoms with Gasteiger partial charge in [-0.1, -0.05) is 0 Å². The van der Waals surface area contributed by atoms with Crippen LogP contribution in [0.4, 0.5) is 0 Å². The minimum absolute atomic E-state index is 1.20. The predicted molar refractivity (Wildman–Crippen MR) is 25.3 cm³/mol. The highest BCUT2D eigenvalue weighted by molar-refractivity contribution is 5.72. The first kappa shape index (κ1) is 7.39. The van der Waals surface area contributed by atoms with Crippen molar-refractivity contribution in [3.8, 4) is 0 Å². The molecular weight excluding hydrogens is 112 g/mol. The van der Waals surface area contributed by atoms with E-state index in [4.69, 9.17) is 15.3 Å². The van der Waals surface area contributed by atoms with Gasteiger partial charge in [0.2, 0.25) is 0 Å². The van der Waals surface area contributed by atoms with Gasteiger partial charge in [0.1, 0.15) is 0 Å². The quantitative estimate of drug-likeness (QED) is 0.428. The molecule has 4 nitrogen and oxygen atoms in total. The zero-order chi connectivity index (χ0) is 6.73. The Morgan fingerprint density at radius 2 is 1.88 bits per heavy atom. The van der Waals surface area contributed by atoms with E-state index in [1.165, 1.54) is 6.92 Å². The highest BCUT2D eigenvalue weighted by Gasteiger charge is 2.18. The standard InChI is InChI=1S/C4H8O4/c1-2(5)3(6)4(7)8/h2-3,5-6H,1H3,(H,7,8)/t2-,3-/m1/s1. The summed E-state index contributed by atoms with van der Waals surface area (Å²) >= 11 is 0. The fourth-order valence-electron chi connectivity index (χ4n) is 0.206. The second-order valence-electron chi connectivity index (χ2n) is 1.52. The van der Waals surface area contributed by atoms with Crippen LogP contribution in [0, 0.1) is 0 Å². The maximum Gasteiger partial charge on any atom is 0.335 e. The maximum absolute atomic E-state index is 9.73. The van der Waals surface area contributed by atoms with Crippen LogP contribution in [0.3, 0.4) is 0 Å². The van der Waals surface area contributed by atoms with Gasteiger partial charge < -0.3 is 15.3 Å². The largest absolute Gasteiger partial charge is 0.479 e. The van der Waals surface area contributed by atoms with E-state index in [9.17, 15) is 4.79 Å². The predicted octanol–water partition coefficient (Wildman–Crippen LogP) is -1.19. The molecule has 0 rings (SSSR count). The molecule has 0 aliphatic carbocycles. The molecule has 3 N–H and O–H groups in total. The van der Waals surface area contributed by atoms with Crippen molar-refractivity contribution in [2.45, 2.75) is 19.1 Å². The first-order chi connectivity index (χ1) is 3.55. The van der Waals surface area contributed by atoms with Gasteiger partial charge in [0.05, 0.1) is 6.10 Å². The molecule has 2 atom stereocenters. The van der Waals surface area contributed by atoms with Crippen molar-refractivity contribution < 1.29 is 20.1 Å². The van der Waals surface area contributed by atoms with Gasteiger partial charge in [0.15, 0.2) is 6.10 Å². The molecule has 0 unspecified atom stereocenters. The van der Waals surface area contributed by atoms with Crippen molar-refractivity contribution in [2.75, 3.05) is 0 Å². The van der Waals surface area contributed by atoms with E-state index < -0.39 is 18.2 Å². The van der Waals surface area contributed by atoms with Crippen molar-refractivity contribution in [3.05, 3.63) is 0 Å². The van der Waals surface area contributed by atoms with E-state index in [1.54, 1.807) is 0 Å². The lowest BCUT2D eigenvalue weighted by molar-refractivity contribution is -0.151. The van der Waals surface area contributed by atoms with Crippen LogP contribution in [0.2, 0.25) is 0 Å². The molecular formula is C4H8O4. The average Bonchev–Trinajstić information content (AvgIpc) is 1.64. The number of hydrogen-bond donors (Lipinski definition) is 3. The summed E-state index contributed by atoms with van der Waals surface area (Å²) in [5.41, 5.74) is 0. The second kappa shape index (κ2) is 2.64. The Bertz CT molecular complexity index is 88.0. The smallest absolute Gasteiger partial charge is 0.335 e. The van der Waals surface area contributed by atoms with E-state index in [-0.39, 0.29) is 0 Å². The molecule has 48 valence electrons. The van der Waals surface area contributed by atoms with E-state index in [1.807, 2.05) is 0 Å². The van der Waals surface area contributed by atoms with Crippen LogP contribution in [0.5, 0.6) is 0 Å². The highest BCUT2D eigenvalue weighted by atomic mass is 16.4. The molecule has 0 amide bonds. The van der Waals surface area contributed by atoms with Crippen molar-refractivity contribution >= 4 is 5.97 Å². The number of aliphatic hydroxyl groups excluding tert-OH is 2. The summed E-state index contributed by atoms with van der Waals surface area (Å²) in [5.74, 6) is -1.40. The number of carbonyl (C=O) groups is 1. The zero-order valence-corrected chi connectivity index (χ0v) is 4.40. The van der Waals surface area contributed by atoms with Crippen molar-refractivity contribution in [1.82, 2.24) is 0 Å². The number of aliphatic carboxylic acids is 1. The number of rotatable bonds is 2. The van der Waals surface area contributed by atoms with E-state index in [0.29, 0.717) is 0 Å². The Kier molecular flexibility index (Phi) is 2.44. The molecule has 0 heterocycles. The monoisotopic (exact) mass is 120 g/mol. The molecule has 0 aliphatic heterocycles. The summed E-state index contributed by atoms with van der Waals surface area (Å²) in [6.45, 7) is 1.21.